The van der Waals surface area contributed by atoms with E-state index in [-0.39, 0.29) is 12.5 Å². The van der Waals surface area contributed by atoms with Crippen LogP contribution in [0, 0.1) is 0 Å². The first-order chi connectivity index (χ1) is 12.6. The van der Waals surface area contributed by atoms with E-state index < -0.39 is 0 Å². The minimum Gasteiger partial charge on any atom is -0.493 e. The van der Waals surface area contributed by atoms with Crippen LogP contribution in [0.4, 0.5) is 10.9 Å². The van der Waals surface area contributed by atoms with Gasteiger partial charge in [-0.05, 0) is 37.6 Å². The van der Waals surface area contributed by atoms with E-state index in [1.54, 1.807) is 35.7 Å². The van der Waals surface area contributed by atoms with E-state index >= 15 is 0 Å². The smallest absolute Gasteiger partial charge is 0.260 e. The van der Waals surface area contributed by atoms with Crippen LogP contribution in [0.5, 0.6) is 11.5 Å². The number of likely N-dealkylation sites (N-methyl/N-ethyl adjacent to an activating group) is 1. The van der Waals surface area contributed by atoms with Gasteiger partial charge in [-0.3, -0.25) is 10.2 Å². The molecule has 0 saturated carbocycles. The summed E-state index contributed by atoms with van der Waals surface area (Å²) < 4.78 is 10.9. The fraction of sp³-hybridized carbons (Fsp3) is 0.353. The standard InChI is InChI=1S/C17H23N5O3S/c1-4-22(5-2)16(23)10-25-13-7-6-12(8-14(13)24-3)9-19-21-17-20-15(18)11-26-17/h6-9,11H,4-5,10,18H2,1-3H3,(H,20,21). The number of aromatic nitrogens is 1. The molecular formula is C17H23N5O3S. The topological polar surface area (TPSA) is 102 Å². The molecule has 0 aliphatic rings. The van der Waals surface area contributed by atoms with Crippen molar-refractivity contribution in [2.75, 3.05) is 38.0 Å². The molecule has 1 aromatic heterocycles. The molecule has 0 bridgehead atoms. The van der Waals surface area contributed by atoms with Crippen LogP contribution in [-0.4, -0.2) is 48.8 Å². The Morgan fingerprint density at radius 3 is 2.77 bits per heavy atom. The van der Waals surface area contributed by atoms with E-state index in [1.807, 2.05) is 19.9 Å². The Balaban J connectivity index is 1.98. The molecule has 2 aromatic rings. The summed E-state index contributed by atoms with van der Waals surface area (Å²) in [6.07, 6.45) is 1.63. The zero-order valence-electron chi connectivity index (χ0n) is 15.1. The number of hydrogen-bond donors (Lipinski definition) is 2. The zero-order chi connectivity index (χ0) is 18.9. The normalized spacial score (nSPS) is 10.7. The second-order valence-corrected chi connectivity index (χ2v) is 6.07. The molecule has 2 rings (SSSR count). The molecule has 0 atom stereocenters. The summed E-state index contributed by atoms with van der Waals surface area (Å²) in [7, 11) is 1.55. The third kappa shape index (κ3) is 5.35. The Hall–Kier alpha value is -2.81. The summed E-state index contributed by atoms with van der Waals surface area (Å²) in [5, 5.41) is 6.45. The molecular weight excluding hydrogens is 354 g/mol. The number of benzene rings is 1. The average molecular weight is 377 g/mol. The molecule has 26 heavy (non-hydrogen) atoms. The summed E-state index contributed by atoms with van der Waals surface area (Å²) in [5.74, 6) is 1.43. The van der Waals surface area contributed by atoms with Crippen LogP contribution in [0.25, 0.3) is 0 Å². The van der Waals surface area contributed by atoms with Gasteiger partial charge < -0.3 is 20.1 Å². The number of rotatable bonds is 9. The van der Waals surface area contributed by atoms with Gasteiger partial charge in [0.1, 0.15) is 5.82 Å². The van der Waals surface area contributed by atoms with Crippen LogP contribution >= 0.6 is 11.3 Å². The summed E-state index contributed by atoms with van der Waals surface area (Å²) in [6.45, 7) is 5.15. The quantitative estimate of drug-likeness (QED) is 0.514. The van der Waals surface area contributed by atoms with Gasteiger partial charge in [0.05, 0.1) is 13.3 Å². The molecule has 140 valence electrons. The van der Waals surface area contributed by atoms with Crippen molar-refractivity contribution in [3.8, 4) is 11.5 Å². The lowest BCUT2D eigenvalue weighted by Gasteiger charge is -2.19. The van der Waals surface area contributed by atoms with Gasteiger partial charge in [0.15, 0.2) is 18.1 Å². The van der Waals surface area contributed by atoms with Crippen molar-refractivity contribution in [3.63, 3.8) is 0 Å². The number of nitrogens with one attached hydrogen (secondary N) is 1. The molecule has 0 radical (unpaired) electrons. The number of thiazole rings is 1. The number of amides is 1. The second kappa shape index (κ2) is 9.62. The number of hydrazone groups is 1. The molecule has 1 aromatic carbocycles. The van der Waals surface area contributed by atoms with E-state index in [9.17, 15) is 4.79 Å². The van der Waals surface area contributed by atoms with Gasteiger partial charge >= 0.3 is 0 Å². The van der Waals surface area contributed by atoms with Gasteiger partial charge in [0.2, 0.25) is 5.13 Å². The molecule has 0 fully saturated rings. The van der Waals surface area contributed by atoms with Crippen LogP contribution in [0.1, 0.15) is 19.4 Å². The van der Waals surface area contributed by atoms with Gasteiger partial charge in [-0.25, -0.2) is 4.98 Å². The monoisotopic (exact) mass is 377 g/mol. The molecule has 8 nitrogen and oxygen atoms in total. The van der Waals surface area contributed by atoms with Crippen LogP contribution in [0.15, 0.2) is 28.7 Å². The largest absolute Gasteiger partial charge is 0.493 e. The van der Waals surface area contributed by atoms with Gasteiger partial charge in [0, 0.05) is 18.5 Å². The Morgan fingerprint density at radius 1 is 1.38 bits per heavy atom. The number of carbonyl (C=O) groups excluding carboxylic acids is 1. The summed E-state index contributed by atoms with van der Waals surface area (Å²) >= 11 is 1.37. The van der Waals surface area contributed by atoms with Crippen molar-refractivity contribution in [1.29, 1.82) is 0 Å². The average Bonchev–Trinajstić information content (AvgIpc) is 3.06. The molecule has 9 heteroatoms. The molecule has 0 aliphatic heterocycles. The van der Waals surface area contributed by atoms with Gasteiger partial charge in [-0.15, -0.1) is 11.3 Å². The number of hydrogen-bond acceptors (Lipinski definition) is 8. The summed E-state index contributed by atoms with van der Waals surface area (Å²) in [5.41, 5.74) is 9.16. The highest BCUT2D eigenvalue weighted by molar-refractivity contribution is 7.14. The Labute approximate surface area is 156 Å². The van der Waals surface area contributed by atoms with Crippen molar-refractivity contribution in [3.05, 3.63) is 29.1 Å². The van der Waals surface area contributed by atoms with E-state index in [0.717, 1.165) is 5.56 Å². The second-order valence-electron chi connectivity index (χ2n) is 5.21. The predicted molar refractivity (Wildman–Crippen MR) is 104 cm³/mol. The highest BCUT2D eigenvalue weighted by Crippen LogP contribution is 2.27. The highest BCUT2D eigenvalue weighted by Gasteiger charge is 2.12. The van der Waals surface area contributed by atoms with Crippen LogP contribution < -0.4 is 20.6 Å². The number of methoxy groups -OCH3 is 1. The first kappa shape index (κ1) is 19.5. The maximum Gasteiger partial charge on any atom is 0.260 e. The minimum absolute atomic E-state index is 0.0293. The molecule has 3 N–H and O–H groups in total. The minimum atomic E-state index is -0.0605. The lowest BCUT2D eigenvalue weighted by molar-refractivity contribution is -0.132. The van der Waals surface area contributed by atoms with Crippen molar-refractivity contribution < 1.29 is 14.3 Å². The third-order valence-electron chi connectivity index (χ3n) is 3.55. The molecule has 1 amide bonds. The molecule has 1 heterocycles. The highest BCUT2D eigenvalue weighted by atomic mass is 32.1. The zero-order valence-corrected chi connectivity index (χ0v) is 15.9. The van der Waals surface area contributed by atoms with Gasteiger partial charge in [-0.1, -0.05) is 0 Å². The first-order valence-electron chi connectivity index (χ1n) is 8.16. The van der Waals surface area contributed by atoms with E-state index in [0.29, 0.717) is 35.5 Å². The number of nitrogens with zero attached hydrogens (tertiary/aromatic N) is 3. The fourth-order valence-electron chi connectivity index (χ4n) is 2.19. The summed E-state index contributed by atoms with van der Waals surface area (Å²) in [4.78, 5) is 17.8. The van der Waals surface area contributed by atoms with Crippen molar-refractivity contribution in [2.45, 2.75) is 13.8 Å². The van der Waals surface area contributed by atoms with Crippen LogP contribution in [0.3, 0.4) is 0 Å². The maximum atomic E-state index is 12.0. The van der Waals surface area contributed by atoms with Crippen molar-refractivity contribution >= 4 is 34.4 Å². The Morgan fingerprint density at radius 2 is 2.15 bits per heavy atom. The van der Waals surface area contributed by atoms with E-state index in [4.69, 9.17) is 15.2 Å². The molecule has 0 saturated heterocycles. The molecule has 0 spiro atoms. The van der Waals surface area contributed by atoms with E-state index in [2.05, 4.69) is 15.5 Å². The number of carbonyl (C=O) groups is 1. The first-order valence-corrected chi connectivity index (χ1v) is 9.04. The van der Waals surface area contributed by atoms with Crippen molar-refractivity contribution in [1.82, 2.24) is 9.88 Å². The molecule has 0 aliphatic carbocycles. The van der Waals surface area contributed by atoms with Crippen LogP contribution in [0.2, 0.25) is 0 Å². The predicted octanol–water partition coefficient (Wildman–Crippen LogP) is 2.43. The van der Waals surface area contributed by atoms with E-state index in [1.165, 1.54) is 11.3 Å². The number of nitrogen functional groups attached to an aromatic ring is 1. The number of ether oxygens (including phenoxy) is 2. The third-order valence-corrected chi connectivity index (χ3v) is 4.32. The van der Waals surface area contributed by atoms with Crippen molar-refractivity contribution in [2.24, 2.45) is 5.10 Å². The SMILES string of the molecule is CCN(CC)C(=O)COc1ccc(C=NNc2nc(N)cs2)cc1OC. The fourth-order valence-corrected chi connectivity index (χ4v) is 2.74. The Kier molecular flexibility index (Phi) is 7.22. The molecule has 0 unspecified atom stereocenters. The van der Waals surface area contributed by atoms with Gasteiger partial charge in [0.25, 0.3) is 5.91 Å². The lowest BCUT2D eigenvalue weighted by atomic mass is 10.2. The maximum absolute atomic E-state index is 12.0. The lowest BCUT2D eigenvalue weighted by Crippen LogP contribution is -2.34. The van der Waals surface area contributed by atoms with Crippen LogP contribution in [-0.2, 0) is 4.79 Å². The summed E-state index contributed by atoms with van der Waals surface area (Å²) in [6, 6.07) is 5.34. The number of nitrogens with two attached hydrogens (primary N) is 1. The number of anilines is 2. The Bertz CT molecular complexity index is 759. The van der Waals surface area contributed by atoms with Gasteiger partial charge in [-0.2, -0.15) is 5.10 Å².